The molecule has 0 radical (unpaired) electrons. The Morgan fingerprint density at radius 3 is 2.68 bits per heavy atom. The van der Waals surface area contributed by atoms with E-state index in [0.29, 0.717) is 41.5 Å². The Morgan fingerprint density at radius 1 is 1.24 bits per heavy atom. The monoisotopic (exact) mass is 512 g/mol. The van der Waals surface area contributed by atoms with Crippen molar-refractivity contribution in [3.05, 3.63) is 52.0 Å². The molecular weight excluding hydrogens is 488 g/mol. The number of carbonyl (C=O) groups excluding carboxylic acids is 1. The topological polar surface area (TPSA) is 182 Å². The summed E-state index contributed by atoms with van der Waals surface area (Å²) in [4.78, 5) is 42.5. The maximum atomic E-state index is 12.1. The molecule has 1 saturated carbocycles. The van der Waals surface area contributed by atoms with Crippen LogP contribution in [0.2, 0.25) is 0 Å². The summed E-state index contributed by atoms with van der Waals surface area (Å²) in [5.41, 5.74) is 1.51. The maximum Gasteiger partial charge on any atom is 0.514 e. The van der Waals surface area contributed by atoms with Crippen molar-refractivity contribution in [2.75, 3.05) is 0 Å². The molecule has 14 heteroatoms. The lowest BCUT2D eigenvalue weighted by atomic mass is 9.87. The smallest absolute Gasteiger partial charge is 0.481 e. The number of aryl methyl sites for hydroxylation is 2. The van der Waals surface area contributed by atoms with E-state index in [1.807, 2.05) is 0 Å². The molecule has 0 spiro atoms. The normalized spacial score (nSPS) is 17.1. The molecule has 2 atom stereocenters. The lowest BCUT2D eigenvalue weighted by Crippen LogP contribution is -2.30. The first-order valence-electron chi connectivity index (χ1n) is 11.4. The number of carboxylic acid groups (broad SMARTS) is 1. The summed E-state index contributed by atoms with van der Waals surface area (Å²) >= 11 is 0. The molecule has 0 amide bonds. The van der Waals surface area contributed by atoms with Crippen molar-refractivity contribution < 1.29 is 33.8 Å². The molecule has 1 aliphatic carbocycles. The highest BCUT2D eigenvalue weighted by Gasteiger charge is 2.29. The molecule has 14 nitrogen and oxygen atoms in total. The summed E-state index contributed by atoms with van der Waals surface area (Å²) in [6.07, 6.45) is 2.76. The van der Waals surface area contributed by atoms with Crippen molar-refractivity contribution in [3.63, 3.8) is 0 Å². The van der Waals surface area contributed by atoms with Crippen LogP contribution >= 0.6 is 0 Å². The first-order valence-corrected chi connectivity index (χ1v) is 11.4. The van der Waals surface area contributed by atoms with E-state index >= 15 is 0 Å². The summed E-state index contributed by atoms with van der Waals surface area (Å²) in [7, 11) is 1.62. The third-order valence-electron chi connectivity index (χ3n) is 5.92. The summed E-state index contributed by atoms with van der Waals surface area (Å²) in [6.45, 7) is 1.49. The molecule has 3 aromatic rings. The van der Waals surface area contributed by atoms with Gasteiger partial charge in [0, 0.05) is 19.2 Å². The number of nitro benzene ring substituents is 1. The number of carbonyl (C=O) groups is 2. The van der Waals surface area contributed by atoms with Gasteiger partial charge < -0.3 is 19.3 Å². The van der Waals surface area contributed by atoms with Gasteiger partial charge in [-0.15, -0.1) is 5.10 Å². The van der Waals surface area contributed by atoms with E-state index in [2.05, 4.69) is 20.3 Å². The van der Waals surface area contributed by atoms with Gasteiger partial charge in [0.05, 0.1) is 17.0 Å². The van der Waals surface area contributed by atoms with Crippen molar-refractivity contribution >= 4 is 17.8 Å². The third-order valence-corrected chi connectivity index (χ3v) is 5.92. The zero-order valence-electron chi connectivity index (χ0n) is 20.1. The SMILES string of the molecule is Cc1nc(-c2nnn(C)c2COC(=O)Oc2ccc([N+](=O)[O-])cc2)cnc1O[C@H]1CCC[C@H](C(=O)O)C1. The molecule has 0 saturated heterocycles. The van der Waals surface area contributed by atoms with Crippen LogP contribution in [0.4, 0.5) is 10.5 Å². The number of aliphatic carboxylic acids is 1. The van der Waals surface area contributed by atoms with Crippen LogP contribution in [0.3, 0.4) is 0 Å². The maximum absolute atomic E-state index is 12.1. The van der Waals surface area contributed by atoms with E-state index in [1.165, 1.54) is 35.1 Å². The van der Waals surface area contributed by atoms with Crippen molar-refractivity contribution in [1.82, 2.24) is 25.0 Å². The lowest BCUT2D eigenvalue weighted by Gasteiger charge is -2.27. The standard InChI is InChI=1S/C23H24N6O8/c1-13-21(36-17-5-3-4-14(10-17)22(30)31)24-11-18(25-13)20-19(28(2)27-26-20)12-35-23(32)37-16-8-6-15(7-9-16)29(33)34/h6-9,11,14,17H,3-5,10,12H2,1-2H3,(H,30,31)/t14-,17-/m0/s1. The van der Waals surface area contributed by atoms with Crippen LogP contribution in [0, 0.1) is 23.0 Å². The second-order valence-electron chi connectivity index (χ2n) is 8.49. The lowest BCUT2D eigenvalue weighted by molar-refractivity contribution is -0.384. The van der Waals surface area contributed by atoms with Gasteiger partial charge in [-0.2, -0.15) is 0 Å². The van der Waals surface area contributed by atoms with Gasteiger partial charge in [0.15, 0.2) is 0 Å². The number of nitro groups is 1. The average Bonchev–Trinajstić information content (AvgIpc) is 3.24. The molecule has 2 heterocycles. The van der Waals surface area contributed by atoms with Crippen molar-refractivity contribution in [3.8, 4) is 23.0 Å². The number of non-ortho nitro benzene ring substituents is 1. The van der Waals surface area contributed by atoms with E-state index < -0.39 is 23.0 Å². The largest absolute Gasteiger partial charge is 0.514 e. The van der Waals surface area contributed by atoms with Gasteiger partial charge in [-0.05, 0) is 44.7 Å². The average molecular weight is 512 g/mol. The fourth-order valence-corrected chi connectivity index (χ4v) is 3.96. The molecule has 1 aromatic carbocycles. The molecule has 2 aromatic heterocycles. The fraction of sp³-hybridized carbons (Fsp3) is 0.391. The zero-order valence-corrected chi connectivity index (χ0v) is 20.1. The van der Waals surface area contributed by atoms with Gasteiger partial charge in [-0.1, -0.05) is 5.21 Å². The molecule has 0 bridgehead atoms. The first kappa shape index (κ1) is 25.5. The van der Waals surface area contributed by atoms with Crippen molar-refractivity contribution in [1.29, 1.82) is 0 Å². The van der Waals surface area contributed by atoms with Crippen LogP contribution < -0.4 is 9.47 Å². The predicted octanol–water partition coefficient (Wildman–Crippen LogP) is 3.23. The van der Waals surface area contributed by atoms with Gasteiger partial charge in [0.2, 0.25) is 5.88 Å². The third kappa shape index (κ3) is 6.15. The predicted molar refractivity (Wildman–Crippen MR) is 125 cm³/mol. The highest BCUT2D eigenvalue weighted by Crippen LogP contribution is 2.29. The van der Waals surface area contributed by atoms with E-state index in [0.717, 1.165) is 12.8 Å². The van der Waals surface area contributed by atoms with Gasteiger partial charge in [0.1, 0.15) is 41.2 Å². The Morgan fingerprint density at radius 2 is 2.00 bits per heavy atom. The van der Waals surface area contributed by atoms with E-state index in [1.54, 1.807) is 14.0 Å². The minimum absolute atomic E-state index is 0.0867. The van der Waals surface area contributed by atoms with E-state index in [-0.39, 0.29) is 24.1 Å². The summed E-state index contributed by atoms with van der Waals surface area (Å²) in [5, 5.41) is 28.1. The fourth-order valence-electron chi connectivity index (χ4n) is 3.96. The molecule has 1 aliphatic rings. The van der Waals surface area contributed by atoms with Crippen molar-refractivity contribution in [2.45, 2.75) is 45.3 Å². The van der Waals surface area contributed by atoms with Crippen LogP contribution in [0.15, 0.2) is 30.5 Å². The van der Waals surface area contributed by atoms with Crippen LogP contribution in [-0.2, 0) is 23.2 Å². The number of carboxylic acids is 1. The molecule has 1 fully saturated rings. The van der Waals surface area contributed by atoms with Gasteiger partial charge >= 0.3 is 12.1 Å². The number of rotatable bonds is 8. The van der Waals surface area contributed by atoms with Crippen LogP contribution in [0.1, 0.15) is 37.1 Å². The molecule has 37 heavy (non-hydrogen) atoms. The van der Waals surface area contributed by atoms with Gasteiger partial charge in [-0.25, -0.2) is 19.4 Å². The Kier molecular flexibility index (Phi) is 7.55. The first-order chi connectivity index (χ1) is 17.7. The number of hydrogen-bond donors (Lipinski definition) is 1. The minimum Gasteiger partial charge on any atom is -0.481 e. The van der Waals surface area contributed by atoms with E-state index in [9.17, 15) is 24.8 Å². The number of benzene rings is 1. The van der Waals surface area contributed by atoms with Crippen LogP contribution in [0.25, 0.3) is 11.4 Å². The Hall–Kier alpha value is -4.62. The number of aromatic nitrogens is 5. The molecule has 0 unspecified atom stereocenters. The summed E-state index contributed by atoms with van der Waals surface area (Å²) < 4.78 is 17.6. The molecule has 4 rings (SSSR count). The number of hydrogen-bond acceptors (Lipinski definition) is 11. The Labute approximate surface area is 210 Å². The molecule has 0 aliphatic heterocycles. The van der Waals surface area contributed by atoms with Crippen LogP contribution in [-0.4, -0.2) is 53.2 Å². The zero-order chi connectivity index (χ0) is 26.5. The second-order valence-corrected chi connectivity index (χ2v) is 8.49. The highest BCUT2D eigenvalue weighted by molar-refractivity contribution is 5.70. The van der Waals surface area contributed by atoms with Crippen LogP contribution in [0.5, 0.6) is 11.6 Å². The summed E-state index contributed by atoms with van der Waals surface area (Å²) in [6, 6.07) is 4.99. The highest BCUT2D eigenvalue weighted by atomic mass is 16.7. The van der Waals surface area contributed by atoms with Crippen molar-refractivity contribution in [2.24, 2.45) is 13.0 Å². The quantitative estimate of drug-likeness (QED) is 0.202. The molecule has 1 N–H and O–H groups in total. The molecule has 194 valence electrons. The Bertz CT molecular complexity index is 1310. The molecular formula is C23H24N6O8. The Balaban J connectivity index is 1.40. The number of nitrogens with zero attached hydrogens (tertiary/aromatic N) is 6. The number of ether oxygens (including phenoxy) is 3. The minimum atomic E-state index is -1.01. The second kappa shape index (κ2) is 11.0. The van der Waals surface area contributed by atoms with Gasteiger partial charge in [-0.3, -0.25) is 14.9 Å². The summed E-state index contributed by atoms with van der Waals surface area (Å²) in [5.74, 6) is -0.849. The van der Waals surface area contributed by atoms with Gasteiger partial charge in [0.25, 0.3) is 5.69 Å². The van der Waals surface area contributed by atoms with E-state index in [4.69, 9.17) is 14.2 Å².